The predicted octanol–water partition coefficient (Wildman–Crippen LogP) is 1.77. The highest BCUT2D eigenvalue weighted by Crippen LogP contribution is 2.39. The first-order valence-electron chi connectivity index (χ1n) is 4.29. The Morgan fingerprint density at radius 3 is 2.93 bits per heavy atom. The van der Waals surface area contributed by atoms with Crippen LogP contribution in [-0.4, -0.2) is 17.2 Å². The van der Waals surface area contributed by atoms with Gasteiger partial charge in [-0.05, 0) is 13.0 Å². The first kappa shape index (κ1) is 8.99. The highest BCUT2D eigenvalue weighted by Gasteiger charge is 2.38. The molecular weight excluding hydrogens is 187 g/mol. The van der Waals surface area contributed by atoms with Gasteiger partial charge in [-0.3, -0.25) is 4.79 Å². The van der Waals surface area contributed by atoms with E-state index in [2.05, 4.69) is 0 Å². The monoisotopic (exact) mass is 196 g/mol. The maximum absolute atomic E-state index is 13.2. The normalized spacial score (nSPS) is 24.1. The van der Waals surface area contributed by atoms with Gasteiger partial charge in [-0.15, -0.1) is 0 Å². The van der Waals surface area contributed by atoms with Crippen LogP contribution in [0.25, 0.3) is 0 Å². The Bertz CT molecular complexity index is 389. The molecule has 0 spiro atoms. The number of carbonyl (C=O) groups is 1. The van der Waals surface area contributed by atoms with Crippen molar-refractivity contribution in [2.75, 3.05) is 0 Å². The van der Waals surface area contributed by atoms with Crippen molar-refractivity contribution in [1.82, 2.24) is 0 Å². The van der Waals surface area contributed by atoms with E-state index in [9.17, 15) is 9.18 Å². The molecule has 2 atom stereocenters. The van der Waals surface area contributed by atoms with E-state index in [1.807, 2.05) is 0 Å². The van der Waals surface area contributed by atoms with Crippen LogP contribution in [0.2, 0.25) is 0 Å². The summed E-state index contributed by atoms with van der Waals surface area (Å²) in [5, 5.41) is 8.92. The molecule has 2 rings (SSSR count). The van der Waals surface area contributed by atoms with Crippen LogP contribution < -0.4 is 4.74 Å². The molecule has 0 saturated heterocycles. The molecule has 1 aliphatic heterocycles. The second-order valence-electron chi connectivity index (χ2n) is 3.30. The lowest BCUT2D eigenvalue weighted by molar-refractivity contribution is -0.140. The van der Waals surface area contributed by atoms with E-state index in [4.69, 9.17) is 9.84 Å². The molecule has 0 amide bonds. The number of carboxylic acids is 1. The predicted molar refractivity (Wildman–Crippen MR) is 46.9 cm³/mol. The Kier molecular flexibility index (Phi) is 1.91. The van der Waals surface area contributed by atoms with Gasteiger partial charge in [0, 0.05) is 5.56 Å². The highest BCUT2D eigenvalue weighted by atomic mass is 19.1. The molecule has 3 nitrogen and oxygen atoms in total. The summed E-state index contributed by atoms with van der Waals surface area (Å²) in [5.74, 6) is -2.17. The van der Waals surface area contributed by atoms with Gasteiger partial charge in [0.2, 0.25) is 0 Å². The van der Waals surface area contributed by atoms with Gasteiger partial charge in [0.25, 0.3) is 0 Å². The SMILES string of the molecule is CC1Oc2c(F)cccc2C1C(=O)O. The first-order chi connectivity index (χ1) is 6.61. The summed E-state index contributed by atoms with van der Waals surface area (Å²) in [6, 6.07) is 4.34. The van der Waals surface area contributed by atoms with Crippen molar-refractivity contribution in [3.63, 3.8) is 0 Å². The lowest BCUT2D eigenvalue weighted by Gasteiger charge is -2.08. The van der Waals surface area contributed by atoms with Crippen molar-refractivity contribution in [3.8, 4) is 5.75 Å². The molecule has 0 aromatic heterocycles. The van der Waals surface area contributed by atoms with Crippen LogP contribution >= 0.6 is 0 Å². The minimum Gasteiger partial charge on any atom is -0.486 e. The standard InChI is InChI=1S/C10H9FO3/c1-5-8(10(12)13)6-3-2-4-7(11)9(6)14-5/h2-5,8H,1H3,(H,12,13). The zero-order valence-electron chi connectivity index (χ0n) is 7.53. The van der Waals surface area contributed by atoms with Crippen LogP contribution in [-0.2, 0) is 4.79 Å². The second kappa shape index (κ2) is 2.97. The molecule has 1 N–H and O–H groups in total. The largest absolute Gasteiger partial charge is 0.486 e. The number of benzene rings is 1. The van der Waals surface area contributed by atoms with E-state index in [0.29, 0.717) is 5.56 Å². The number of halogens is 1. The number of carboxylic acid groups (broad SMARTS) is 1. The van der Waals surface area contributed by atoms with Gasteiger partial charge in [-0.2, -0.15) is 0 Å². The number of para-hydroxylation sites is 1. The summed E-state index contributed by atoms with van der Waals surface area (Å²) in [7, 11) is 0. The summed E-state index contributed by atoms with van der Waals surface area (Å²) in [4.78, 5) is 10.9. The molecule has 4 heteroatoms. The van der Waals surface area contributed by atoms with Crippen LogP contribution in [0.15, 0.2) is 18.2 Å². The summed E-state index contributed by atoms with van der Waals surface area (Å²) >= 11 is 0. The molecule has 1 aromatic rings. The number of rotatable bonds is 1. The van der Waals surface area contributed by atoms with Gasteiger partial charge in [-0.1, -0.05) is 12.1 Å². The molecule has 74 valence electrons. The minimum absolute atomic E-state index is 0.0763. The quantitative estimate of drug-likeness (QED) is 0.744. The lowest BCUT2D eigenvalue weighted by Crippen LogP contribution is -2.21. The Balaban J connectivity index is 2.53. The third kappa shape index (κ3) is 1.14. The van der Waals surface area contributed by atoms with E-state index in [-0.39, 0.29) is 5.75 Å². The smallest absolute Gasteiger partial charge is 0.314 e. The Morgan fingerprint density at radius 1 is 1.57 bits per heavy atom. The molecule has 0 saturated carbocycles. The molecule has 0 fully saturated rings. The Hall–Kier alpha value is -1.58. The molecular formula is C10H9FO3. The zero-order chi connectivity index (χ0) is 10.3. The molecule has 14 heavy (non-hydrogen) atoms. The number of hydrogen-bond donors (Lipinski definition) is 1. The topological polar surface area (TPSA) is 46.5 Å². The average Bonchev–Trinajstić information content (AvgIpc) is 2.42. The second-order valence-corrected chi connectivity index (χ2v) is 3.30. The molecule has 1 heterocycles. The van der Waals surface area contributed by atoms with Gasteiger partial charge >= 0.3 is 5.97 Å². The van der Waals surface area contributed by atoms with Crippen molar-refractivity contribution in [3.05, 3.63) is 29.6 Å². The average molecular weight is 196 g/mol. The number of ether oxygens (including phenoxy) is 1. The van der Waals surface area contributed by atoms with E-state index >= 15 is 0 Å². The van der Waals surface area contributed by atoms with Crippen molar-refractivity contribution >= 4 is 5.97 Å². The maximum atomic E-state index is 13.2. The number of aliphatic carboxylic acids is 1. The summed E-state index contributed by atoms with van der Waals surface area (Å²) in [6.07, 6.45) is -0.514. The lowest BCUT2D eigenvalue weighted by atomic mass is 9.96. The summed E-state index contributed by atoms with van der Waals surface area (Å²) in [5.41, 5.74) is 0.421. The highest BCUT2D eigenvalue weighted by molar-refractivity contribution is 5.79. The van der Waals surface area contributed by atoms with Crippen molar-refractivity contribution in [2.45, 2.75) is 18.9 Å². The van der Waals surface area contributed by atoms with Crippen molar-refractivity contribution in [1.29, 1.82) is 0 Å². The Morgan fingerprint density at radius 2 is 2.29 bits per heavy atom. The fourth-order valence-electron chi connectivity index (χ4n) is 1.74. The van der Waals surface area contributed by atoms with E-state index in [0.717, 1.165) is 0 Å². The van der Waals surface area contributed by atoms with Crippen LogP contribution in [0.3, 0.4) is 0 Å². The fourth-order valence-corrected chi connectivity index (χ4v) is 1.74. The van der Waals surface area contributed by atoms with Crippen molar-refractivity contribution in [2.24, 2.45) is 0 Å². The van der Waals surface area contributed by atoms with Crippen LogP contribution in [0.1, 0.15) is 18.4 Å². The third-order valence-corrected chi connectivity index (χ3v) is 2.37. The van der Waals surface area contributed by atoms with Crippen LogP contribution in [0.4, 0.5) is 4.39 Å². The van der Waals surface area contributed by atoms with E-state index < -0.39 is 23.8 Å². The van der Waals surface area contributed by atoms with Crippen LogP contribution in [0.5, 0.6) is 5.75 Å². The van der Waals surface area contributed by atoms with Crippen molar-refractivity contribution < 1.29 is 19.0 Å². The van der Waals surface area contributed by atoms with Crippen LogP contribution in [0, 0.1) is 5.82 Å². The maximum Gasteiger partial charge on any atom is 0.314 e. The fraction of sp³-hybridized carbons (Fsp3) is 0.300. The van der Waals surface area contributed by atoms with Gasteiger partial charge in [0.05, 0.1) is 0 Å². The van der Waals surface area contributed by atoms with Gasteiger partial charge in [-0.25, -0.2) is 4.39 Å². The number of hydrogen-bond acceptors (Lipinski definition) is 2. The van der Waals surface area contributed by atoms with Gasteiger partial charge in [0.1, 0.15) is 12.0 Å². The molecule has 0 bridgehead atoms. The van der Waals surface area contributed by atoms with Gasteiger partial charge < -0.3 is 9.84 Å². The minimum atomic E-state index is -0.984. The third-order valence-electron chi connectivity index (χ3n) is 2.37. The molecule has 2 unspecified atom stereocenters. The molecule has 1 aromatic carbocycles. The van der Waals surface area contributed by atoms with E-state index in [1.165, 1.54) is 12.1 Å². The molecule has 0 radical (unpaired) electrons. The molecule has 0 aliphatic carbocycles. The summed E-state index contributed by atoms with van der Waals surface area (Å²) < 4.78 is 18.3. The Labute approximate surface area is 80.1 Å². The van der Waals surface area contributed by atoms with E-state index in [1.54, 1.807) is 13.0 Å². The molecule has 1 aliphatic rings. The first-order valence-corrected chi connectivity index (χ1v) is 4.29. The van der Waals surface area contributed by atoms with Gasteiger partial charge in [0.15, 0.2) is 11.6 Å². The zero-order valence-corrected chi connectivity index (χ0v) is 7.53. The summed E-state index contributed by atoms with van der Waals surface area (Å²) in [6.45, 7) is 1.62. The number of fused-ring (bicyclic) bond motifs is 1.